The van der Waals surface area contributed by atoms with Crippen molar-refractivity contribution in [3.63, 3.8) is 0 Å². The molecule has 0 saturated heterocycles. The molecule has 1 aliphatic heterocycles. The minimum atomic E-state index is -1.21. The lowest BCUT2D eigenvalue weighted by Crippen LogP contribution is -2.23. The van der Waals surface area contributed by atoms with Crippen molar-refractivity contribution in [2.24, 2.45) is 0 Å². The third-order valence-electron chi connectivity index (χ3n) is 1.98. The Labute approximate surface area is 102 Å². The number of benzene rings is 1. The monoisotopic (exact) mass is 248 g/mol. The van der Waals surface area contributed by atoms with Crippen molar-refractivity contribution < 1.29 is 28.6 Å². The minimum Gasteiger partial charge on any atom is -0.454 e. The standard InChI is InChI=1S/C12H8O6/c13-10-6-9(7-16-10)18-12(15)11(14)17-8-4-2-1-3-5-8/h1-6H,7H2. The molecule has 6 nitrogen and oxygen atoms in total. The molecule has 6 heteroatoms. The van der Waals surface area contributed by atoms with Crippen LogP contribution in [0.2, 0.25) is 0 Å². The molecule has 92 valence electrons. The van der Waals surface area contributed by atoms with Gasteiger partial charge in [-0.1, -0.05) is 18.2 Å². The van der Waals surface area contributed by atoms with E-state index in [0.717, 1.165) is 6.08 Å². The number of rotatable bonds is 2. The first-order chi connectivity index (χ1) is 8.65. The SMILES string of the molecule is O=C1C=C(OC(=O)C(=O)Oc2ccccc2)CO1. The summed E-state index contributed by atoms with van der Waals surface area (Å²) < 4.78 is 13.9. The maximum atomic E-state index is 11.3. The van der Waals surface area contributed by atoms with Crippen LogP contribution >= 0.6 is 0 Å². The van der Waals surface area contributed by atoms with Crippen LogP contribution in [0.25, 0.3) is 0 Å². The van der Waals surface area contributed by atoms with Gasteiger partial charge in [0.05, 0.1) is 6.08 Å². The number of carbonyl (C=O) groups excluding carboxylic acids is 3. The third-order valence-corrected chi connectivity index (χ3v) is 1.98. The molecular formula is C12H8O6. The lowest BCUT2D eigenvalue weighted by atomic mass is 10.3. The number of hydrogen-bond donors (Lipinski definition) is 0. The molecular weight excluding hydrogens is 240 g/mol. The van der Waals surface area contributed by atoms with Gasteiger partial charge in [-0.2, -0.15) is 0 Å². The van der Waals surface area contributed by atoms with Crippen molar-refractivity contribution in [3.8, 4) is 5.75 Å². The average molecular weight is 248 g/mol. The molecule has 2 rings (SSSR count). The smallest absolute Gasteiger partial charge is 0.423 e. The fraction of sp³-hybridized carbons (Fsp3) is 0.0833. The molecule has 0 bridgehead atoms. The second-order valence-corrected chi connectivity index (χ2v) is 3.31. The fourth-order valence-electron chi connectivity index (χ4n) is 1.21. The molecule has 1 heterocycles. The van der Waals surface area contributed by atoms with Crippen LogP contribution in [0.15, 0.2) is 42.2 Å². The van der Waals surface area contributed by atoms with Crippen molar-refractivity contribution in [2.75, 3.05) is 6.61 Å². The Hall–Kier alpha value is -2.63. The van der Waals surface area contributed by atoms with Crippen molar-refractivity contribution in [2.45, 2.75) is 0 Å². The molecule has 0 aliphatic carbocycles. The second-order valence-electron chi connectivity index (χ2n) is 3.31. The molecule has 1 aliphatic rings. The highest BCUT2D eigenvalue weighted by Crippen LogP contribution is 2.11. The first-order valence-electron chi connectivity index (χ1n) is 5.01. The van der Waals surface area contributed by atoms with E-state index in [9.17, 15) is 14.4 Å². The van der Waals surface area contributed by atoms with Gasteiger partial charge < -0.3 is 14.2 Å². The number of hydrogen-bond acceptors (Lipinski definition) is 6. The highest BCUT2D eigenvalue weighted by atomic mass is 16.6. The van der Waals surface area contributed by atoms with Gasteiger partial charge in [-0.15, -0.1) is 0 Å². The van der Waals surface area contributed by atoms with Crippen LogP contribution in [0.1, 0.15) is 0 Å². The minimum absolute atomic E-state index is 0.0185. The van der Waals surface area contributed by atoms with E-state index in [-0.39, 0.29) is 18.1 Å². The molecule has 0 N–H and O–H groups in total. The summed E-state index contributed by atoms with van der Waals surface area (Å²) in [5, 5.41) is 0. The summed E-state index contributed by atoms with van der Waals surface area (Å²) in [6.45, 7) is -0.164. The van der Waals surface area contributed by atoms with Gasteiger partial charge in [0.25, 0.3) is 0 Å². The Morgan fingerprint density at radius 1 is 1.06 bits per heavy atom. The van der Waals surface area contributed by atoms with E-state index in [4.69, 9.17) is 4.74 Å². The molecule has 18 heavy (non-hydrogen) atoms. The maximum Gasteiger partial charge on any atom is 0.423 e. The predicted molar refractivity (Wildman–Crippen MR) is 57.2 cm³/mol. The van der Waals surface area contributed by atoms with Crippen molar-refractivity contribution in [3.05, 3.63) is 42.2 Å². The van der Waals surface area contributed by atoms with Crippen LogP contribution in [0.5, 0.6) is 5.75 Å². The van der Waals surface area contributed by atoms with E-state index in [1.165, 1.54) is 12.1 Å². The zero-order valence-corrected chi connectivity index (χ0v) is 9.12. The van der Waals surface area contributed by atoms with Crippen molar-refractivity contribution in [1.82, 2.24) is 0 Å². The van der Waals surface area contributed by atoms with Gasteiger partial charge in [-0.05, 0) is 12.1 Å². The van der Waals surface area contributed by atoms with Crippen LogP contribution in [0.4, 0.5) is 0 Å². The molecule has 1 aromatic carbocycles. The van der Waals surface area contributed by atoms with Gasteiger partial charge in [0.1, 0.15) is 12.4 Å². The van der Waals surface area contributed by atoms with Crippen LogP contribution in [-0.2, 0) is 23.9 Å². The number of para-hydroxylation sites is 1. The number of cyclic esters (lactones) is 1. The largest absolute Gasteiger partial charge is 0.454 e. The molecule has 0 radical (unpaired) electrons. The fourth-order valence-corrected chi connectivity index (χ4v) is 1.21. The Morgan fingerprint density at radius 2 is 1.72 bits per heavy atom. The normalized spacial score (nSPS) is 13.6. The molecule has 0 saturated carbocycles. The molecule has 0 amide bonds. The molecule has 0 aromatic heterocycles. The van der Waals surface area contributed by atoms with Crippen molar-refractivity contribution in [1.29, 1.82) is 0 Å². The third kappa shape index (κ3) is 2.94. The Bertz CT molecular complexity index is 517. The summed E-state index contributed by atoms with van der Waals surface area (Å²) in [7, 11) is 0. The summed E-state index contributed by atoms with van der Waals surface area (Å²) in [4.78, 5) is 33.3. The molecule has 0 atom stereocenters. The molecule has 0 spiro atoms. The predicted octanol–water partition coefficient (Wildman–Crippen LogP) is 0.576. The summed E-state index contributed by atoms with van der Waals surface area (Å²) in [5.74, 6) is -2.78. The van der Waals surface area contributed by atoms with Crippen LogP contribution in [0.3, 0.4) is 0 Å². The van der Waals surface area contributed by atoms with Crippen molar-refractivity contribution >= 4 is 17.9 Å². The van der Waals surface area contributed by atoms with Gasteiger partial charge in [0, 0.05) is 0 Å². The van der Waals surface area contributed by atoms with E-state index in [0.29, 0.717) is 0 Å². The van der Waals surface area contributed by atoms with E-state index < -0.39 is 17.9 Å². The highest BCUT2D eigenvalue weighted by Gasteiger charge is 2.23. The zero-order valence-electron chi connectivity index (χ0n) is 9.12. The van der Waals surface area contributed by atoms with Crippen LogP contribution < -0.4 is 4.74 Å². The quantitative estimate of drug-likeness (QED) is 0.432. The molecule has 0 fully saturated rings. The van der Waals surface area contributed by atoms with Crippen LogP contribution in [-0.4, -0.2) is 24.5 Å². The Balaban J connectivity index is 1.92. The second kappa shape index (κ2) is 5.13. The Kier molecular flexibility index (Phi) is 3.38. The van der Waals surface area contributed by atoms with Gasteiger partial charge in [0.2, 0.25) is 0 Å². The highest BCUT2D eigenvalue weighted by molar-refractivity contribution is 6.30. The summed E-state index contributed by atoms with van der Waals surface area (Å²) in [6, 6.07) is 8.08. The van der Waals surface area contributed by atoms with E-state index in [2.05, 4.69) is 9.47 Å². The van der Waals surface area contributed by atoms with E-state index in [1.54, 1.807) is 18.2 Å². The Morgan fingerprint density at radius 3 is 2.33 bits per heavy atom. The van der Waals surface area contributed by atoms with Gasteiger partial charge in [-0.25, -0.2) is 14.4 Å². The van der Waals surface area contributed by atoms with Gasteiger partial charge in [-0.3, -0.25) is 0 Å². The summed E-state index contributed by atoms with van der Waals surface area (Å²) >= 11 is 0. The number of ether oxygens (including phenoxy) is 3. The lowest BCUT2D eigenvalue weighted by Gasteiger charge is -2.04. The van der Waals surface area contributed by atoms with Gasteiger partial charge in [0.15, 0.2) is 5.76 Å². The summed E-state index contributed by atoms with van der Waals surface area (Å²) in [5.41, 5.74) is 0. The first-order valence-corrected chi connectivity index (χ1v) is 5.01. The topological polar surface area (TPSA) is 78.9 Å². The average Bonchev–Trinajstić information content (AvgIpc) is 2.76. The molecule has 0 unspecified atom stereocenters. The number of carbonyl (C=O) groups is 3. The van der Waals surface area contributed by atoms with Crippen LogP contribution in [0, 0.1) is 0 Å². The molecule has 1 aromatic rings. The van der Waals surface area contributed by atoms with Gasteiger partial charge >= 0.3 is 17.9 Å². The summed E-state index contributed by atoms with van der Waals surface area (Å²) in [6.07, 6.45) is 0.994. The van der Waals surface area contributed by atoms with E-state index >= 15 is 0 Å². The number of esters is 3. The zero-order chi connectivity index (χ0) is 13.0. The first kappa shape index (κ1) is 11.8. The maximum absolute atomic E-state index is 11.3. The van der Waals surface area contributed by atoms with E-state index in [1.807, 2.05) is 0 Å². The lowest BCUT2D eigenvalue weighted by molar-refractivity contribution is -0.159.